The fourth-order valence-corrected chi connectivity index (χ4v) is 5.97. The Morgan fingerprint density at radius 3 is 2.18 bits per heavy atom. The van der Waals surface area contributed by atoms with Gasteiger partial charge in [0.15, 0.2) is 0 Å². The summed E-state index contributed by atoms with van der Waals surface area (Å²) in [4.78, 5) is 36.5. The zero-order valence-electron chi connectivity index (χ0n) is 20.0. The molecule has 1 saturated carbocycles. The first-order chi connectivity index (χ1) is 15.6. The number of nitrogens with one attached hydrogen (secondary N) is 1. The molecular formula is C27H29N3O3. The number of carbonyl (C=O) groups is 2. The molecule has 2 bridgehead atoms. The van der Waals surface area contributed by atoms with Gasteiger partial charge in [0.1, 0.15) is 0 Å². The number of methoxy groups -OCH3 is 1. The molecule has 1 aromatic heterocycles. The van der Waals surface area contributed by atoms with Crippen molar-refractivity contribution in [2.24, 2.45) is 5.41 Å². The van der Waals surface area contributed by atoms with Crippen LogP contribution in [0.4, 0.5) is 5.69 Å². The highest BCUT2D eigenvalue weighted by atomic mass is 16.5. The van der Waals surface area contributed by atoms with Crippen LogP contribution in [0.25, 0.3) is 11.0 Å². The number of aromatic nitrogens is 2. The number of benzene rings is 2. The van der Waals surface area contributed by atoms with Gasteiger partial charge in [-0.25, -0.2) is 14.8 Å². The lowest BCUT2D eigenvalue weighted by molar-refractivity contribution is -0.125. The summed E-state index contributed by atoms with van der Waals surface area (Å²) in [5.41, 5.74) is 4.94. The predicted octanol–water partition coefficient (Wildman–Crippen LogP) is 5.00. The second-order valence-electron chi connectivity index (χ2n) is 10.2. The van der Waals surface area contributed by atoms with Gasteiger partial charge in [-0.15, -0.1) is 0 Å². The molecular weight excluding hydrogens is 414 g/mol. The van der Waals surface area contributed by atoms with Crippen molar-refractivity contribution in [2.75, 3.05) is 12.4 Å². The van der Waals surface area contributed by atoms with Crippen molar-refractivity contribution < 1.29 is 14.3 Å². The molecule has 0 spiro atoms. The first kappa shape index (κ1) is 21.6. The van der Waals surface area contributed by atoms with Crippen molar-refractivity contribution in [1.29, 1.82) is 0 Å². The number of anilines is 1. The largest absolute Gasteiger partial charge is 0.465 e. The minimum absolute atomic E-state index is 0.149. The molecule has 6 heteroatoms. The molecule has 2 aliphatic carbocycles. The van der Waals surface area contributed by atoms with Gasteiger partial charge in [-0.1, -0.05) is 32.9 Å². The maximum Gasteiger partial charge on any atom is 0.339 e. The van der Waals surface area contributed by atoms with E-state index in [-0.39, 0.29) is 11.3 Å². The number of esters is 1. The zero-order valence-corrected chi connectivity index (χ0v) is 20.0. The fraction of sp³-hybridized carbons (Fsp3) is 0.407. The van der Waals surface area contributed by atoms with Gasteiger partial charge in [0.05, 0.1) is 46.2 Å². The van der Waals surface area contributed by atoms with Crippen LogP contribution in [0.15, 0.2) is 36.4 Å². The van der Waals surface area contributed by atoms with Crippen molar-refractivity contribution in [2.45, 2.75) is 58.3 Å². The van der Waals surface area contributed by atoms with E-state index in [4.69, 9.17) is 14.7 Å². The number of nitrogens with zero attached hydrogens (tertiary/aromatic N) is 2. The van der Waals surface area contributed by atoms with E-state index < -0.39 is 16.8 Å². The number of aryl methyl sites for hydroxylation is 2. The van der Waals surface area contributed by atoms with Crippen molar-refractivity contribution in [3.05, 3.63) is 64.5 Å². The Hall–Kier alpha value is -3.28. The quantitative estimate of drug-likeness (QED) is 0.576. The number of para-hydroxylation sites is 1. The van der Waals surface area contributed by atoms with Gasteiger partial charge >= 0.3 is 5.97 Å². The first-order valence-corrected chi connectivity index (χ1v) is 11.4. The SMILES string of the molecule is COC(=O)c1ccccc1NC(=O)C12CCC(C)(c3nc4cc(C)c(C)cc4nc31)C2(C)C. The van der Waals surface area contributed by atoms with E-state index in [0.717, 1.165) is 34.4 Å². The number of amides is 1. The molecule has 1 fully saturated rings. The van der Waals surface area contributed by atoms with Crippen LogP contribution in [0.2, 0.25) is 0 Å². The van der Waals surface area contributed by atoms with Crippen molar-refractivity contribution in [1.82, 2.24) is 9.97 Å². The van der Waals surface area contributed by atoms with Crippen molar-refractivity contribution >= 4 is 28.6 Å². The molecule has 33 heavy (non-hydrogen) atoms. The van der Waals surface area contributed by atoms with Crippen LogP contribution in [-0.2, 0) is 20.4 Å². The summed E-state index contributed by atoms with van der Waals surface area (Å²) >= 11 is 0. The number of rotatable bonds is 3. The minimum atomic E-state index is -0.847. The molecule has 0 saturated heterocycles. The van der Waals surface area contributed by atoms with Crippen molar-refractivity contribution in [3.63, 3.8) is 0 Å². The van der Waals surface area contributed by atoms with Crippen LogP contribution >= 0.6 is 0 Å². The summed E-state index contributed by atoms with van der Waals surface area (Å²) in [7, 11) is 1.34. The highest BCUT2D eigenvalue weighted by Gasteiger charge is 2.73. The fourth-order valence-electron chi connectivity index (χ4n) is 5.97. The number of fused-ring (bicyclic) bond motifs is 6. The second kappa shape index (κ2) is 6.86. The highest BCUT2D eigenvalue weighted by Crippen LogP contribution is 2.70. The van der Waals surface area contributed by atoms with Crippen LogP contribution in [-0.4, -0.2) is 29.0 Å². The van der Waals surface area contributed by atoms with Crippen molar-refractivity contribution in [3.8, 4) is 0 Å². The molecule has 1 heterocycles. The third-order valence-electron chi connectivity index (χ3n) is 8.62. The number of hydrogen-bond donors (Lipinski definition) is 1. The summed E-state index contributed by atoms with van der Waals surface area (Å²) in [6.07, 6.45) is 1.53. The molecule has 5 rings (SSSR count). The van der Waals surface area contributed by atoms with Crippen LogP contribution in [0.5, 0.6) is 0 Å². The maximum atomic E-state index is 14.1. The van der Waals surface area contributed by atoms with E-state index in [2.05, 4.69) is 52.1 Å². The van der Waals surface area contributed by atoms with Crippen LogP contribution < -0.4 is 5.32 Å². The molecule has 3 aromatic rings. The van der Waals surface area contributed by atoms with Crippen LogP contribution in [0, 0.1) is 19.3 Å². The maximum absolute atomic E-state index is 14.1. The lowest BCUT2D eigenvalue weighted by atomic mass is 9.63. The highest BCUT2D eigenvalue weighted by molar-refractivity contribution is 6.06. The zero-order chi connectivity index (χ0) is 23.8. The summed E-state index contributed by atoms with van der Waals surface area (Å²) in [6.45, 7) is 10.6. The average Bonchev–Trinajstić information content (AvgIpc) is 3.08. The Kier molecular flexibility index (Phi) is 4.48. The molecule has 1 amide bonds. The van der Waals surface area contributed by atoms with Gasteiger partial charge < -0.3 is 10.1 Å². The topological polar surface area (TPSA) is 81.2 Å². The van der Waals surface area contributed by atoms with Crippen LogP contribution in [0.3, 0.4) is 0 Å². The third kappa shape index (κ3) is 2.61. The molecule has 170 valence electrons. The summed E-state index contributed by atoms with van der Waals surface area (Å²) in [6, 6.07) is 11.1. The molecule has 2 unspecified atom stereocenters. The summed E-state index contributed by atoms with van der Waals surface area (Å²) in [5.74, 6) is -0.633. The van der Waals surface area contributed by atoms with Gasteiger partial charge in [-0.2, -0.15) is 0 Å². The Labute approximate surface area is 193 Å². The van der Waals surface area contributed by atoms with E-state index in [1.54, 1.807) is 24.3 Å². The van der Waals surface area contributed by atoms with E-state index in [1.165, 1.54) is 12.7 Å². The third-order valence-corrected chi connectivity index (χ3v) is 8.62. The van der Waals surface area contributed by atoms with E-state index in [9.17, 15) is 9.59 Å². The number of ether oxygens (including phenoxy) is 1. The Morgan fingerprint density at radius 1 is 0.939 bits per heavy atom. The predicted molar refractivity (Wildman–Crippen MR) is 127 cm³/mol. The van der Waals surface area contributed by atoms with E-state index in [0.29, 0.717) is 17.7 Å². The van der Waals surface area contributed by atoms with Gasteiger partial charge in [-0.05, 0) is 67.5 Å². The summed E-state index contributed by atoms with van der Waals surface area (Å²) in [5, 5.41) is 3.06. The lowest BCUT2D eigenvalue weighted by Gasteiger charge is -2.39. The second-order valence-corrected chi connectivity index (χ2v) is 10.2. The molecule has 1 N–H and O–H groups in total. The number of carbonyl (C=O) groups excluding carboxylic acids is 2. The number of hydrogen-bond acceptors (Lipinski definition) is 5. The average molecular weight is 444 g/mol. The van der Waals surface area contributed by atoms with E-state index >= 15 is 0 Å². The monoisotopic (exact) mass is 443 g/mol. The smallest absolute Gasteiger partial charge is 0.339 e. The van der Waals surface area contributed by atoms with Gasteiger partial charge in [0, 0.05) is 5.41 Å². The molecule has 6 nitrogen and oxygen atoms in total. The lowest BCUT2D eigenvalue weighted by Crippen LogP contribution is -2.48. The van der Waals surface area contributed by atoms with Gasteiger partial charge in [-0.3, -0.25) is 4.79 Å². The van der Waals surface area contributed by atoms with Crippen LogP contribution in [0.1, 0.15) is 66.5 Å². The molecule has 2 aliphatic rings. The standard InChI is InChI=1S/C27H29N3O3/c1-15-13-19-20(14-16(15)2)29-22-21(28-19)26(5)11-12-27(22,25(26,3)4)24(32)30-18-10-8-7-9-17(18)23(31)33-6/h7-10,13-14H,11-12H2,1-6H3,(H,30,32). The molecule has 0 aliphatic heterocycles. The molecule has 0 radical (unpaired) electrons. The Morgan fingerprint density at radius 2 is 1.55 bits per heavy atom. The molecule has 2 aromatic carbocycles. The van der Waals surface area contributed by atoms with Gasteiger partial charge in [0.2, 0.25) is 5.91 Å². The minimum Gasteiger partial charge on any atom is -0.465 e. The molecule has 2 atom stereocenters. The Balaban J connectivity index is 1.69. The first-order valence-electron chi connectivity index (χ1n) is 11.4. The Bertz CT molecular complexity index is 1350. The summed E-state index contributed by atoms with van der Waals surface area (Å²) < 4.78 is 4.91. The normalized spacial score (nSPS) is 24.5. The van der Waals surface area contributed by atoms with Gasteiger partial charge in [0.25, 0.3) is 0 Å². The van der Waals surface area contributed by atoms with E-state index in [1.807, 2.05) is 0 Å².